The van der Waals surface area contributed by atoms with Gasteiger partial charge in [0.25, 0.3) is 0 Å². The van der Waals surface area contributed by atoms with Gasteiger partial charge in [-0.25, -0.2) is 4.79 Å². The molecule has 0 unspecified atom stereocenters. The average molecular weight is 383 g/mol. The number of halogens is 2. The van der Waals surface area contributed by atoms with Gasteiger partial charge in [-0.15, -0.1) is 0 Å². The monoisotopic (exact) mass is 382 g/mol. The Morgan fingerprint density at radius 1 is 1.60 bits per heavy atom. The highest BCUT2D eigenvalue weighted by Gasteiger charge is 2.08. The van der Waals surface area contributed by atoms with Gasteiger partial charge in [-0.1, -0.05) is 0 Å². The molecule has 1 N–H and O–H groups in total. The van der Waals surface area contributed by atoms with E-state index in [4.69, 9.17) is 0 Å². The zero-order chi connectivity index (χ0) is 11.4. The first-order chi connectivity index (χ1) is 7.04. The fourth-order valence-corrected chi connectivity index (χ4v) is 1.78. The third kappa shape index (κ3) is 3.64. The molecule has 0 bridgehead atoms. The Kier molecular flexibility index (Phi) is 4.85. The second-order valence-corrected chi connectivity index (χ2v) is 5.17. The second-order valence-electron chi connectivity index (χ2n) is 3.07. The molecule has 0 aromatic heterocycles. The highest BCUT2D eigenvalue weighted by Crippen LogP contribution is 2.24. The molecule has 0 atom stereocenters. The first-order valence-corrected chi connectivity index (χ1v) is 6.39. The van der Waals surface area contributed by atoms with Crippen LogP contribution in [0.4, 0.5) is 10.5 Å². The molecule has 82 valence electrons. The van der Waals surface area contributed by atoms with Crippen LogP contribution in [0.3, 0.4) is 0 Å². The van der Waals surface area contributed by atoms with Crippen LogP contribution < -0.4 is 5.32 Å². The van der Waals surface area contributed by atoms with Crippen molar-refractivity contribution >= 4 is 50.2 Å². The standard InChI is InChI=1S/C10H12BrIN2O/c1-3-14(2)10(15)13-9-6-7(12)4-5-8(9)11/h4-6H,3H2,1-2H3,(H,13,15). The lowest BCUT2D eigenvalue weighted by molar-refractivity contribution is 0.224. The lowest BCUT2D eigenvalue weighted by Gasteiger charge is -2.16. The number of carbonyl (C=O) groups excluding carboxylic acids is 1. The predicted molar refractivity (Wildman–Crippen MR) is 74.2 cm³/mol. The summed E-state index contributed by atoms with van der Waals surface area (Å²) in [6.45, 7) is 2.62. The second kappa shape index (κ2) is 5.69. The maximum Gasteiger partial charge on any atom is 0.321 e. The molecular formula is C10H12BrIN2O. The molecule has 1 aromatic rings. The number of carbonyl (C=O) groups is 1. The number of hydrogen-bond acceptors (Lipinski definition) is 1. The van der Waals surface area contributed by atoms with Gasteiger partial charge in [0.05, 0.1) is 5.69 Å². The van der Waals surface area contributed by atoms with Gasteiger partial charge in [0, 0.05) is 21.6 Å². The van der Waals surface area contributed by atoms with E-state index in [9.17, 15) is 4.79 Å². The zero-order valence-electron chi connectivity index (χ0n) is 8.55. The summed E-state index contributed by atoms with van der Waals surface area (Å²) in [6, 6.07) is 5.72. The number of hydrogen-bond donors (Lipinski definition) is 1. The van der Waals surface area contributed by atoms with E-state index >= 15 is 0 Å². The first-order valence-electron chi connectivity index (χ1n) is 4.51. The van der Waals surface area contributed by atoms with Crippen LogP contribution in [0.2, 0.25) is 0 Å². The Morgan fingerprint density at radius 2 is 2.27 bits per heavy atom. The van der Waals surface area contributed by atoms with Gasteiger partial charge in [0.15, 0.2) is 0 Å². The van der Waals surface area contributed by atoms with Crippen molar-refractivity contribution in [3.05, 3.63) is 26.2 Å². The van der Waals surface area contributed by atoms with Gasteiger partial charge in [-0.3, -0.25) is 0 Å². The summed E-state index contributed by atoms with van der Waals surface area (Å²) >= 11 is 5.60. The van der Waals surface area contributed by atoms with Crippen LogP contribution in [0.25, 0.3) is 0 Å². The molecule has 5 heteroatoms. The smallest absolute Gasteiger partial charge is 0.321 e. The molecule has 0 aliphatic carbocycles. The topological polar surface area (TPSA) is 32.3 Å². The number of rotatable bonds is 2. The van der Waals surface area contributed by atoms with Gasteiger partial charge < -0.3 is 10.2 Å². The summed E-state index contributed by atoms with van der Waals surface area (Å²) < 4.78 is 1.98. The van der Waals surface area contributed by atoms with Gasteiger partial charge in [-0.2, -0.15) is 0 Å². The summed E-state index contributed by atoms with van der Waals surface area (Å²) in [6.07, 6.45) is 0. The van der Waals surface area contributed by atoms with E-state index in [1.54, 1.807) is 11.9 Å². The summed E-state index contributed by atoms with van der Waals surface area (Å²) in [7, 11) is 1.76. The van der Waals surface area contributed by atoms with E-state index in [0.717, 1.165) is 13.7 Å². The molecule has 0 saturated carbocycles. The molecule has 0 spiro atoms. The van der Waals surface area contributed by atoms with E-state index in [1.807, 2.05) is 25.1 Å². The van der Waals surface area contributed by atoms with Crippen LogP contribution in [0.5, 0.6) is 0 Å². The van der Waals surface area contributed by atoms with Gasteiger partial charge in [-0.05, 0) is 63.6 Å². The van der Waals surface area contributed by atoms with E-state index < -0.39 is 0 Å². The first kappa shape index (κ1) is 12.8. The minimum absolute atomic E-state index is 0.0970. The van der Waals surface area contributed by atoms with Crippen molar-refractivity contribution in [1.29, 1.82) is 0 Å². The maximum atomic E-state index is 11.6. The number of nitrogens with one attached hydrogen (secondary N) is 1. The quantitative estimate of drug-likeness (QED) is 0.779. The van der Waals surface area contributed by atoms with Crippen molar-refractivity contribution in [3.8, 4) is 0 Å². The Bertz CT molecular complexity index is 370. The molecule has 0 radical (unpaired) electrons. The molecule has 0 aliphatic heterocycles. The van der Waals surface area contributed by atoms with Gasteiger partial charge >= 0.3 is 6.03 Å². The molecule has 0 aliphatic rings. The number of nitrogens with zero attached hydrogens (tertiary/aromatic N) is 1. The molecule has 1 rings (SSSR count). The lowest BCUT2D eigenvalue weighted by atomic mass is 10.3. The maximum absolute atomic E-state index is 11.6. The van der Waals surface area contributed by atoms with Gasteiger partial charge in [0.1, 0.15) is 0 Å². The molecule has 2 amide bonds. The number of urea groups is 1. The van der Waals surface area contributed by atoms with Crippen molar-refractivity contribution < 1.29 is 4.79 Å². The molecular weight excluding hydrogens is 371 g/mol. The molecule has 0 heterocycles. The van der Waals surface area contributed by atoms with Crippen molar-refractivity contribution in [2.45, 2.75) is 6.92 Å². The van der Waals surface area contributed by atoms with Crippen LogP contribution in [0.15, 0.2) is 22.7 Å². The Morgan fingerprint density at radius 3 is 2.87 bits per heavy atom. The minimum atomic E-state index is -0.0970. The summed E-state index contributed by atoms with van der Waals surface area (Å²) in [5, 5.41) is 2.84. The van der Waals surface area contributed by atoms with Crippen molar-refractivity contribution in [3.63, 3.8) is 0 Å². The largest absolute Gasteiger partial charge is 0.328 e. The number of anilines is 1. The van der Waals surface area contributed by atoms with E-state index in [1.165, 1.54) is 0 Å². The van der Waals surface area contributed by atoms with Crippen LogP contribution in [-0.2, 0) is 0 Å². The van der Waals surface area contributed by atoms with E-state index in [-0.39, 0.29) is 6.03 Å². The average Bonchev–Trinajstić information content (AvgIpc) is 2.22. The highest BCUT2D eigenvalue weighted by molar-refractivity contribution is 14.1. The van der Waals surface area contributed by atoms with Crippen LogP contribution in [0, 0.1) is 3.57 Å². The molecule has 3 nitrogen and oxygen atoms in total. The van der Waals surface area contributed by atoms with Crippen LogP contribution >= 0.6 is 38.5 Å². The SMILES string of the molecule is CCN(C)C(=O)Nc1cc(I)ccc1Br. The number of amides is 2. The Balaban J connectivity index is 2.80. The minimum Gasteiger partial charge on any atom is -0.328 e. The highest BCUT2D eigenvalue weighted by atomic mass is 127. The summed E-state index contributed by atoms with van der Waals surface area (Å²) in [5.74, 6) is 0. The van der Waals surface area contributed by atoms with Crippen molar-refractivity contribution in [2.24, 2.45) is 0 Å². The lowest BCUT2D eigenvalue weighted by Crippen LogP contribution is -2.31. The molecule has 1 aromatic carbocycles. The normalized spacial score (nSPS) is 9.87. The third-order valence-electron chi connectivity index (χ3n) is 1.99. The molecule has 15 heavy (non-hydrogen) atoms. The fourth-order valence-electron chi connectivity index (χ4n) is 0.948. The van der Waals surface area contributed by atoms with Crippen molar-refractivity contribution in [1.82, 2.24) is 4.90 Å². The summed E-state index contributed by atoms with van der Waals surface area (Å²) in [4.78, 5) is 13.2. The van der Waals surface area contributed by atoms with Gasteiger partial charge in [0.2, 0.25) is 0 Å². The Labute approximate surface area is 111 Å². The number of benzene rings is 1. The molecule has 0 fully saturated rings. The fraction of sp³-hybridized carbons (Fsp3) is 0.300. The summed E-state index contributed by atoms with van der Waals surface area (Å²) in [5.41, 5.74) is 0.798. The van der Waals surface area contributed by atoms with E-state index in [0.29, 0.717) is 6.54 Å². The van der Waals surface area contributed by atoms with E-state index in [2.05, 4.69) is 43.8 Å². The Hall–Kier alpha value is -0.300. The zero-order valence-corrected chi connectivity index (χ0v) is 12.3. The molecule has 0 saturated heterocycles. The van der Waals surface area contributed by atoms with Crippen molar-refractivity contribution in [2.75, 3.05) is 18.9 Å². The van der Waals surface area contributed by atoms with Crippen LogP contribution in [-0.4, -0.2) is 24.5 Å². The predicted octanol–water partition coefficient (Wildman–Crippen LogP) is 3.54. The third-order valence-corrected chi connectivity index (χ3v) is 3.35. The van der Waals surface area contributed by atoms with Crippen LogP contribution in [0.1, 0.15) is 6.92 Å².